The van der Waals surface area contributed by atoms with Gasteiger partial charge in [0.05, 0.1) is 12.7 Å². The highest BCUT2D eigenvalue weighted by atomic mass is 16.5. The molecule has 0 saturated carbocycles. The SMILES string of the molecule is Cc1cccc(C)c1OCCCN1CC[C@@H](O)C1. The van der Waals surface area contributed by atoms with Crippen LogP contribution in [0.3, 0.4) is 0 Å². The summed E-state index contributed by atoms with van der Waals surface area (Å²) in [6, 6.07) is 6.22. The number of rotatable bonds is 5. The zero-order valence-corrected chi connectivity index (χ0v) is 11.4. The minimum atomic E-state index is -0.121. The number of ether oxygens (including phenoxy) is 1. The van der Waals surface area contributed by atoms with Gasteiger partial charge in [0, 0.05) is 19.6 Å². The molecule has 1 atom stereocenters. The molecule has 3 heteroatoms. The maximum absolute atomic E-state index is 9.43. The first-order valence-electron chi connectivity index (χ1n) is 6.76. The van der Waals surface area contributed by atoms with Crippen LogP contribution in [0.4, 0.5) is 0 Å². The molecule has 18 heavy (non-hydrogen) atoms. The lowest BCUT2D eigenvalue weighted by atomic mass is 10.1. The molecule has 1 heterocycles. The fourth-order valence-corrected chi connectivity index (χ4v) is 2.50. The first-order valence-corrected chi connectivity index (χ1v) is 6.76. The van der Waals surface area contributed by atoms with E-state index in [-0.39, 0.29) is 6.10 Å². The zero-order valence-electron chi connectivity index (χ0n) is 11.4. The Bertz CT molecular complexity index is 372. The van der Waals surface area contributed by atoms with Crippen molar-refractivity contribution in [1.29, 1.82) is 0 Å². The molecule has 3 nitrogen and oxygen atoms in total. The van der Waals surface area contributed by atoms with Crippen molar-refractivity contribution in [1.82, 2.24) is 4.90 Å². The molecule has 100 valence electrons. The predicted octanol–water partition coefficient (Wildman–Crippen LogP) is 2.14. The number of aryl methyl sites for hydroxylation is 2. The topological polar surface area (TPSA) is 32.7 Å². The third-order valence-electron chi connectivity index (χ3n) is 3.52. The molecule has 0 radical (unpaired) electrons. The van der Waals surface area contributed by atoms with Crippen molar-refractivity contribution in [2.24, 2.45) is 0 Å². The lowest BCUT2D eigenvalue weighted by Gasteiger charge is -2.16. The summed E-state index contributed by atoms with van der Waals surface area (Å²) in [5.41, 5.74) is 2.40. The highest BCUT2D eigenvalue weighted by Crippen LogP contribution is 2.22. The highest BCUT2D eigenvalue weighted by molar-refractivity contribution is 5.39. The molecule has 1 fully saturated rings. The predicted molar refractivity (Wildman–Crippen MR) is 73.1 cm³/mol. The highest BCUT2D eigenvalue weighted by Gasteiger charge is 2.19. The van der Waals surface area contributed by atoms with E-state index >= 15 is 0 Å². The summed E-state index contributed by atoms with van der Waals surface area (Å²) in [6.45, 7) is 7.77. The minimum Gasteiger partial charge on any atom is -0.493 e. The molecule has 0 amide bonds. The summed E-state index contributed by atoms with van der Waals surface area (Å²) in [4.78, 5) is 2.30. The summed E-state index contributed by atoms with van der Waals surface area (Å²) < 4.78 is 5.87. The molecule has 1 aromatic rings. The smallest absolute Gasteiger partial charge is 0.125 e. The Morgan fingerprint density at radius 2 is 2.06 bits per heavy atom. The van der Waals surface area contributed by atoms with Crippen molar-refractivity contribution in [2.45, 2.75) is 32.8 Å². The van der Waals surface area contributed by atoms with Gasteiger partial charge in [-0.05, 0) is 37.8 Å². The van der Waals surface area contributed by atoms with Gasteiger partial charge in [-0.2, -0.15) is 0 Å². The van der Waals surface area contributed by atoms with E-state index in [0.717, 1.165) is 44.8 Å². The van der Waals surface area contributed by atoms with Crippen LogP contribution in [0.15, 0.2) is 18.2 Å². The molecule has 0 aliphatic carbocycles. The molecule has 1 aliphatic heterocycles. The Labute approximate surface area is 109 Å². The number of hydrogen-bond donors (Lipinski definition) is 1. The molecular weight excluding hydrogens is 226 g/mol. The van der Waals surface area contributed by atoms with Crippen molar-refractivity contribution in [3.63, 3.8) is 0 Å². The van der Waals surface area contributed by atoms with Crippen molar-refractivity contribution in [3.8, 4) is 5.75 Å². The fraction of sp³-hybridized carbons (Fsp3) is 0.600. The second kappa shape index (κ2) is 6.21. The van der Waals surface area contributed by atoms with E-state index < -0.39 is 0 Å². The zero-order chi connectivity index (χ0) is 13.0. The average Bonchev–Trinajstić information content (AvgIpc) is 2.73. The number of nitrogens with zero attached hydrogens (tertiary/aromatic N) is 1. The van der Waals surface area contributed by atoms with Crippen LogP contribution < -0.4 is 4.74 Å². The summed E-state index contributed by atoms with van der Waals surface area (Å²) in [7, 11) is 0. The molecule has 0 spiro atoms. The molecule has 1 saturated heterocycles. The summed E-state index contributed by atoms with van der Waals surface area (Å²) in [6.07, 6.45) is 1.81. The van der Waals surface area contributed by atoms with Crippen LogP contribution >= 0.6 is 0 Å². The second-order valence-electron chi connectivity index (χ2n) is 5.17. The second-order valence-corrected chi connectivity index (χ2v) is 5.17. The Morgan fingerprint density at radius 1 is 1.33 bits per heavy atom. The molecule has 0 unspecified atom stereocenters. The van der Waals surface area contributed by atoms with E-state index in [9.17, 15) is 5.11 Å². The van der Waals surface area contributed by atoms with Gasteiger partial charge in [-0.15, -0.1) is 0 Å². The monoisotopic (exact) mass is 249 g/mol. The van der Waals surface area contributed by atoms with Gasteiger partial charge >= 0.3 is 0 Å². The van der Waals surface area contributed by atoms with E-state index in [2.05, 4.69) is 36.9 Å². The molecule has 0 bridgehead atoms. The average molecular weight is 249 g/mol. The Hall–Kier alpha value is -1.06. The number of β-amino-alcohol motifs (C(OH)–C–C–N with tert-alkyl or cyclic N) is 1. The third-order valence-corrected chi connectivity index (χ3v) is 3.52. The van der Waals surface area contributed by atoms with Gasteiger partial charge in [0.15, 0.2) is 0 Å². The summed E-state index contributed by atoms with van der Waals surface area (Å²) in [5, 5.41) is 9.43. The summed E-state index contributed by atoms with van der Waals surface area (Å²) >= 11 is 0. The van der Waals surface area contributed by atoms with Crippen LogP contribution in [0.5, 0.6) is 5.75 Å². The van der Waals surface area contributed by atoms with E-state index in [0.29, 0.717) is 0 Å². The van der Waals surface area contributed by atoms with Crippen molar-refractivity contribution >= 4 is 0 Å². The largest absolute Gasteiger partial charge is 0.493 e. The standard InChI is InChI=1S/C15H23NO2/c1-12-5-3-6-13(2)15(12)18-10-4-8-16-9-7-14(17)11-16/h3,5-6,14,17H,4,7-11H2,1-2H3/t14-/m1/s1. The van der Waals surface area contributed by atoms with Crippen LogP contribution in [-0.4, -0.2) is 42.4 Å². The Morgan fingerprint density at radius 3 is 2.67 bits per heavy atom. The molecule has 0 aromatic heterocycles. The molecule has 1 N–H and O–H groups in total. The van der Waals surface area contributed by atoms with Gasteiger partial charge in [-0.3, -0.25) is 0 Å². The Balaban J connectivity index is 1.72. The fourth-order valence-electron chi connectivity index (χ4n) is 2.50. The summed E-state index contributed by atoms with van der Waals surface area (Å²) in [5.74, 6) is 1.03. The van der Waals surface area contributed by atoms with Gasteiger partial charge in [0.25, 0.3) is 0 Å². The number of aliphatic hydroxyl groups is 1. The first kappa shape index (κ1) is 13.4. The lowest BCUT2D eigenvalue weighted by Crippen LogP contribution is -2.24. The number of para-hydroxylation sites is 1. The maximum atomic E-state index is 9.43. The van der Waals surface area contributed by atoms with Crippen LogP contribution in [-0.2, 0) is 0 Å². The number of likely N-dealkylation sites (tertiary alicyclic amines) is 1. The van der Waals surface area contributed by atoms with Gasteiger partial charge in [0.2, 0.25) is 0 Å². The van der Waals surface area contributed by atoms with E-state index in [1.807, 2.05) is 0 Å². The number of hydrogen-bond acceptors (Lipinski definition) is 3. The van der Waals surface area contributed by atoms with Gasteiger partial charge in [0.1, 0.15) is 5.75 Å². The molecule has 2 rings (SSSR count). The lowest BCUT2D eigenvalue weighted by molar-refractivity contribution is 0.173. The van der Waals surface area contributed by atoms with Crippen LogP contribution in [0.2, 0.25) is 0 Å². The molecule has 1 aromatic carbocycles. The van der Waals surface area contributed by atoms with Crippen molar-refractivity contribution in [3.05, 3.63) is 29.3 Å². The van der Waals surface area contributed by atoms with Gasteiger partial charge in [-0.25, -0.2) is 0 Å². The minimum absolute atomic E-state index is 0.121. The first-order chi connectivity index (χ1) is 8.66. The molecular formula is C15H23NO2. The van der Waals surface area contributed by atoms with Gasteiger partial charge in [-0.1, -0.05) is 18.2 Å². The van der Waals surface area contributed by atoms with E-state index in [1.165, 1.54) is 11.1 Å². The van der Waals surface area contributed by atoms with E-state index in [4.69, 9.17) is 4.74 Å². The van der Waals surface area contributed by atoms with Crippen LogP contribution in [0, 0.1) is 13.8 Å². The Kier molecular flexibility index (Phi) is 4.61. The van der Waals surface area contributed by atoms with Crippen molar-refractivity contribution < 1.29 is 9.84 Å². The normalized spacial score (nSPS) is 20.3. The number of aliphatic hydroxyl groups excluding tert-OH is 1. The number of benzene rings is 1. The maximum Gasteiger partial charge on any atom is 0.125 e. The van der Waals surface area contributed by atoms with Crippen LogP contribution in [0.1, 0.15) is 24.0 Å². The van der Waals surface area contributed by atoms with Crippen LogP contribution in [0.25, 0.3) is 0 Å². The third kappa shape index (κ3) is 3.47. The quantitative estimate of drug-likeness (QED) is 0.812. The molecule has 1 aliphatic rings. The van der Waals surface area contributed by atoms with Crippen molar-refractivity contribution in [2.75, 3.05) is 26.2 Å². The van der Waals surface area contributed by atoms with Gasteiger partial charge < -0.3 is 14.7 Å². The van der Waals surface area contributed by atoms with E-state index in [1.54, 1.807) is 0 Å².